The molecule has 146 valence electrons. The van der Waals surface area contributed by atoms with E-state index >= 15 is 0 Å². The number of nitrogens with zero attached hydrogens (tertiary/aromatic N) is 4. The van der Waals surface area contributed by atoms with Crippen LogP contribution in [-0.2, 0) is 16.9 Å². The molecular weight excluding hydrogens is 376 g/mol. The third-order valence-corrected chi connectivity index (χ3v) is 5.24. The predicted octanol–water partition coefficient (Wildman–Crippen LogP) is 0.429. The molecule has 0 saturated carbocycles. The van der Waals surface area contributed by atoms with Crippen molar-refractivity contribution in [3.05, 3.63) is 59.7 Å². The minimum Gasteiger partial charge on any atom is -0.497 e. The number of rotatable bonds is 4. The maximum Gasteiger partial charge on any atom is 0.322 e. The zero-order valence-electron chi connectivity index (χ0n) is 15.4. The first-order valence-electron chi connectivity index (χ1n) is 8.90. The van der Waals surface area contributed by atoms with Gasteiger partial charge in [0.25, 0.3) is 11.8 Å². The average molecular weight is 392 g/mol. The summed E-state index contributed by atoms with van der Waals surface area (Å²) in [5.74, 6) is 0.157. The van der Waals surface area contributed by atoms with Crippen molar-refractivity contribution in [2.24, 2.45) is 0 Å². The normalized spacial score (nSPS) is 20.7. The number of carbonyl (C=O) groups excluding carboxylic acids is 3. The molecule has 29 heavy (non-hydrogen) atoms. The van der Waals surface area contributed by atoms with Crippen LogP contribution in [0.15, 0.2) is 42.9 Å². The third-order valence-electron chi connectivity index (χ3n) is 5.24. The fraction of sp³-hybridized carbons (Fsp3) is 0.211. The zero-order valence-corrected chi connectivity index (χ0v) is 15.4. The molecule has 4 amide bonds. The first-order valence-corrected chi connectivity index (χ1v) is 8.90. The third kappa shape index (κ3) is 2.53. The van der Waals surface area contributed by atoms with Gasteiger partial charge in [0.1, 0.15) is 5.75 Å². The molecule has 0 aliphatic carbocycles. The van der Waals surface area contributed by atoms with Crippen molar-refractivity contribution >= 4 is 23.6 Å². The Morgan fingerprint density at radius 3 is 2.86 bits per heavy atom. The standard InChI is InChI=1S/C19H16N6O4/c1-29-12-4-3-11-8-25(15(26)13(11)7-12)10-19(16(27)22-18(28)23-19)14-9-24-6-2-5-20-17(24)21-14/h2-7,9H,8,10H2,1H3,(H2,22,23,27,28)/t19-/m0/s1. The van der Waals surface area contributed by atoms with E-state index in [9.17, 15) is 14.4 Å². The lowest BCUT2D eigenvalue weighted by molar-refractivity contribution is -0.124. The highest BCUT2D eigenvalue weighted by molar-refractivity contribution is 6.08. The molecule has 2 N–H and O–H groups in total. The summed E-state index contributed by atoms with van der Waals surface area (Å²) in [7, 11) is 1.53. The van der Waals surface area contributed by atoms with Gasteiger partial charge in [-0.2, -0.15) is 0 Å². The largest absolute Gasteiger partial charge is 0.497 e. The Hall–Kier alpha value is -3.95. The van der Waals surface area contributed by atoms with Crippen LogP contribution in [0.25, 0.3) is 5.78 Å². The Morgan fingerprint density at radius 2 is 2.14 bits per heavy atom. The van der Waals surface area contributed by atoms with Crippen molar-refractivity contribution in [1.29, 1.82) is 0 Å². The zero-order chi connectivity index (χ0) is 20.2. The van der Waals surface area contributed by atoms with Crippen molar-refractivity contribution in [2.75, 3.05) is 13.7 Å². The lowest BCUT2D eigenvalue weighted by atomic mass is 9.95. The van der Waals surface area contributed by atoms with Gasteiger partial charge in [-0.25, -0.2) is 14.8 Å². The second kappa shape index (κ2) is 6.03. The van der Waals surface area contributed by atoms with Crippen LogP contribution in [0.2, 0.25) is 0 Å². The molecule has 2 aliphatic heterocycles. The number of imide groups is 1. The first kappa shape index (κ1) is 17.2. The number of methoxy groups -OCH3 is 1. The first-order chi connectivity index (χ1) is 14.0. The highest BCUT2D eigenvalue weighted by atomic mass is 16.5. The Morgan fingerprint density at radius 1 is 1.28 bits per heavy atom. The molecule has 0 spiro atoms. The summed E-state index contributed by atoms with van der Waals surface area (Å²) in [5, 5.41) is 4.93. The maximum absolute atomic E-state index is 13.0. The van der Waals surface area contributed by atoms with Crippen LogP contribution in [0.1, 0.15) is 21.6 Å². The summed E-state index contributed by atoms with van der Waals surface area (Å²) < 4.78 is 6.85. The second-order valence-corrected chi connectivity index (χ2v) is 6.95. The van der Waals surface area contributed by atoms with Gasteiger partial charge in [-0.1, -0.05) is 6.07 Å². The molecule has 1 atom stereocenters. The number of hydrogen-bond acceptors (Lipinski definition) is 6. The number of fused-ring (bicyclic) bond motifs is 2. The molecule has 10 heteroatoms. The van der Waals surface area contributed by atoms with Crippen LogP contribution >= 0.6 is 0 Å². The van der Waals surface area contributed by atoms with E-state index in [2.05, 4.69) is 20.6 Å². The average Bonchev–Trinajstić information content (AvgIpc) is 3.36. The molecule has 1 saturated heterocycles. The molecule has 3 aromatic rings. The monoisotopic (exact) mass is 392 g/mol. The second-order valence-electron chi connectivity index (χ2n) is 6.95. The number of amides is 4. The Balaban J connectivity index is 1.54. The van der Waals surface area contributed by atoms with Crippen LogP contribution in [0, 0.1) is 0 Å². The molecule has 0 radical (unpaired) electrons. The van der Waals surface area contributed by atoms with Gasteiger partial charge in [-0.05, 0) is 23.8 Å². The number of benzene rings is 1. The van der Waals surface area contributed by atoms with E-state index in [0.717, 1.165) is 5.56 Å². The maximum atomic E-state index is 13.0. The fourth-order valence-electron chi connectivity index (χ4n) is 3.78. The molecule has 2 aromatic heterocycles. The number of nitrogens with one attached hydrogen (secondary N) is 2. The number of ether oxygens (including phenoxy) is 1. The van der Waals surface area contributed by atoms with E-state index in [4.69, 9.17) is 4.74 Å². The molecule has 0 bridgehead atoms. The number of hydrogen-bond donors (Lipinski definition) is 2. The van der Waals surface area contributed by atoms with E-state index in [1.54, 1.807) is 41.2 Å². The molecule has 10 nitrogen and oxygen atoms in total. The minimum atomic E-state index is -1.51. The lowest BCUT2D eigenvalue weighted by Crippen LogP contribution is -2.53. The van der Waals surface area contributed by atoms with Gasteiger partial charge in [0.05, 0.1) is 19.3 Å². The highest BCUT2D eigenvalue weighted by Gasteiger charge is 2.52. The van der Waals surface area contributed by atoms with Crippen LogP contribution in [0.5, 0.6) is 5.75 Å². The molecular formula is C19H16N6O4. The van der Waals surface area contributed by atoms with Gasteiger partial charge in [0.15, 0.2) is 5.54 Å². The van der Waals surface area contributed by atoms with Gasteiger partial charge in [-0.15, -0.1) is 0 Å². The van der Waals surface area contributed by atoms with Crippen molar-refractivity contribution in [3.63, 3.8) is 0 Å². The van der Waals surface area contributed by atoms with Crippen LogP contribution < -0.4 is 15.4 Å². The predicted molar refractivity (Wildman–Crippen MR) is 99.1 cm³/mol. The summed E-state index contributed by atoms with van der Waals surface area (Å²) in [6, 6.07) is 6.37. The molecule has 2 aliphatic rings. The van der Waals surface area contributed by atoms with Crippen molar-refractivity contribution < 1.29 is 19.1 Å². The number of carbonyl (C=O) groups is 3. The van der Waals surface area contributed by atoms with Crippen LogP contribution in [0.4, 0.5) is 4.79 Å². The lowest BCUT2D eigenvalue weighted by Gasteiger charge is -2.29. The van der Waals surface area contributed by atoms with E-state index in [1.807, 2.05) is 6.07 Å². The van der Waals surface area contributed by atoms with Gasteiger partial charge in [0.2, 0.25) is 5.78 Å². The van der Waals surface area contributed by atoms with E-state index in [0.29, 0.717) is 29.3 Å². The number of aromatic nitrogens is 3. The molecule has 1 fully saturated rings. The summed E-state index contributed by atoms with van der Waals surface area (Å²) >= 11 is 0. The van der Waals surface area contributed by atoms with Crippen molar-refractivity contribution in [1.82, 2.24) is 29.9 Å². The Bertz CT molecular complexity index is 1160. The Labute approximate surface area is 164 Å². The summed E-state index contributed by atoms with van der Waals surface area (Å²) in [5.41, 5.74) is 0.140. The summed E-state index contributed by atoms with van der Waals surface area (Å²) in [6.45, 7) is 0.249. The van der Waals surface area contributed by atoms with Gasteiger partial charge < -0.3 is 15.0 Å². The quantitative estimate of drug-likeness (QED) is 0.622. The Kier molecular flexibility index (Phi) is 3.57. The minimum absolute atomic E-state index is 0.0652. The van der Waals surface area contributed by atoms with Crippen LogP contribution in [-0.4, -0.2) is 50.8 Å². The van der Waals surface area contributed by atoms with E-state index in [1.165, 1.54) is 12.0 Å². The fourth-order valence-corrected chi connectivity index (χ4v) is 3.78. The summed E-state index contributed by atoms with van der Waals surface area (Å²) in [6.07, 6.45) is 4.95. The topological polar surface area (TPSA) is 118 Å². The van der Waals surface area contributed by atoms with Gasteiger partial charge in [0, 0.05) is 30.7 Å². The van der Waals surface area contributed by atoms with Gasteiger partial charge >= 0.3 is 6.03 Å². The number of imidazole rings is 1. The SMILES string of the molecule is COc1ccc2c(c1)C(=O)N(C[C@@]1(c3cn4cccnc4n3)NC(=O)NC1=O)C2. The summed E-state index contributed by atoms with van der Waals surface area (Å²) in [4.78, 5) is 47.9. The van der Waals surface area contributed by atoms with Gasteiger partial charge in [-0.3, -0.25) is 19.3 Å². The van der Waals surface area contributed by atoms with Crippen molar-refractivity contribution in [2.45, 2.75) is 12.1 Å². The van der Waals surface area contributed by atoms with Crippen LogP contribution in [0.3, 0.4) is 0 Å². The van der Waals surface area contributed by atoms with E-state index < -0.39 is 17.5 Å². The van der Waals surface area contributed by atoms with Crippen molar-refractivity contribution in [3.8, 4) is 5.75 Å². The highest BCUT2D eigenvalue weighted by Crippen LogP contribution is 2.32. The number of urea groups is 1. The molecule has 0 unspecified atom stereocenters. The smallest absolute Gasteiger partial charge is 0.322 e. The van der Waals surface area contributed by atoms with E-state index in [-0.39, 0.29) is 12.5 Å². The molecule has 4 heterocycles. The molecule has 1 aromatic carbocycles. The molecule has 5 rings (SSSR count).